The predicted octanol–water partition coefficient (Wildman–Crippen LogP) is 2.24. The van der Waals surface area contributed by atoms with E-state index in [-0.39, 0.29) is 22.7 Å². The van der Waals surface area contributed by atoms with Crippen LogP contribution in [0.15, 0.2) is 4.42 Å². The third kappa shape index (κ3) is 3.72. The van der Waals surface area contributed by atoms with Gasteiger partial charge >= 0.3 is 12.1 Å². The van der Waals surface area contributed by atoms with E-state index in [9.17, 15) is 27.6 Å². The number of ketones is 1. The maximum absolute atomic E-state index is 12.4. The Morgan fingerprint density at radius 1 is 1.35 bits per heavy atom. The monoisotopic (exact) mass is 333 g/mol. The first-order valence-corrected chi connectivity index (χ1v) is 6.86. The number of hydrogen-bond acceptors (Lipinski definition) is 4. The topological polar surface area (TPSA) is 96.6 Å². The normalized spacial score (nSPS) is 15.9. The van der Waals surface area contributed by atoms with Crippen LogP contribution in [0.2, 0.25) is 0 Å². The van der Waals surface area contributed by atoms with Gasteiger partial charge in [-0.2, -0.15) is 13.2 Å². The Hall–Kier alpha value is -2.32. The maximum atomic E-state index is 12.4. The van der Waals surface area contributed by atoms with Crippen molar-refractivity contribution in [1.29, 1.82) is 0 Å². The van der Waals surface area contributed by atoms with Gasteiger partial charge in [0.1, 0.15) is 11.8 Å². The van der Waals surface area contributed by atoms with Crippen LogP contribution in [0.3, 0.4) is 0 Å². The van der Waals surface area contributed by atoms with Gasteiger partial charge in [0.25, 0.3) is 5.91 Å². The number of carboxylic acids is 1. The lowest BCUT2D eigenvalue weighted by atomic mass is 9.94. The highest BCUT2D eigenvalue weighted by atomic mass is 19.4. The summed E-state index contributed by atoms with van der Waals surface area (Å²) in [6.07, 6.45) is -5.14. The Kier molecular flexibility index (Phi) is 4.49. The van der Waals surface area contributed by atoms with Gasteiger partial charge in [0.15, 0.2) is 11.5 Å². The second kappa shape index (κ2) is 6.05. The van der Waals surface area contributed by atoms with E-state index in [4.69, 9.17) is 9.52 Å². The SMILES string of the molecule is Cc1c(C(=O)NC(CC(F)(F)F)C(=O)O)oc2c1C(=O)CCC2. The van der Waals surface area contributed by atoms with Crippen LogP contribution >= 0.6 is 0 Å². The first kappa shape index (κ1) is 17.0. The first-order chi connectivity index (χ1) is 10.6. The van der Waals surface area contributed by atoms with E-state index in [2.05, 4.69) is 0 Å². The summed E-state index contributed by atoms with van der Waals surface area (Å²) in [4.78, 5) is 34.7. The zero-order chi connectivity index (χ0) is 17.4. The predicted molar refractivity (Wildman–Crippen MR) is 70.3 cm³/mol. The third-order valence-electron chi connectivity index (χ3n) is 3.55. The van der Waals surface area contributed by atoms with Crippen LogP contribution in [0.4, 0.5) is 13.2 Å². The zero-order valence-corrected chi connectivity index (χ0v) is 12.1. The Balaban J connectivity index is 2.23. The molecule has 1 aliphatic rings. The smallest absolute Gasteiger partial charge is 0.391 e. The number of nitrogens with one attached hydrogen (secondary N) is 1. The highest BCUT2D eigenvalue weighted by Crippen LogP contribution is 2.29. The highest BCUT2D eigenvalue weighted by molar-refractivity contribution is 6.03. The second-order valence-electron chi connectivity index (χ2n) is 5.31. The van der Waals surface area contributed by atoms with Crippen LogP contribution in [-0.2, 0) is 11.2 Å². The molecular weight excluding hydrogens is 319 g/mol. The summed E-state index contributed by atoms with van der Waals surface area (Å²) >= 11 is 0. The molecule has 0 bridgehead atoms. The molecule has 1 aromatic heterocycles. The summed E-state index contributed by atoms with van der Waals surface area (Å²) in [5.74, 6) is -3.09. The minimum atomic E-state index is -4.75. The van der Waals surface area contributed by atoms with Gasteiger partial charge in [-0.15, -0.1) is 0 Å². The number of aryl methyl sites for hydroxylation is 1. The molecule has 1 amide bonds. The molecule has 1 unspecified atom stereocenters. The van der Waals surface area contributed by atoms with Crippen molar-refractivity contribution in [1.82, 2.24) is 5.32 Å². The lowest BCUT2D eigenvalue weighted by Crippen LogP contribution is -2.43. The number of carbonyl (C=O) groups is 3. The van der Waals surface area contributed by atoms with Gasteiger partial charge in [-0.25, -0.2) is 4.79 Å². The van der Waals surface area contributed by atoms with Crippen molar-refractivity contribution in [2.24, 2.45) is 0 Å². The number of carboxylic acid groups (broad SMARTS) is 1. The summed E-state index contributed by atoms with van der Waals surface area (Å²) in [7, 11) is 0. The second-order valence-corrected chi connectivity index (χ2v) is 5.31. The lowest BCUT2D eigenvalue weighted by Gasteiger charge is -2.15. The van der Waals surface area contributed by atoms with Crippen LogP contribution in [0.5, 0.6) is 0 Å². The van der Waals surface area contributed by atoms with Crippen molar-refractivity contribution >= 4 is 17.7 Å². The maximum Gasteiger partial charge on any atom is 0.391 e. The Labute approximate surface area is 128 Å². The average Bonchev–Trinajstić information content (AvgIpc) is 2.75. The standard InChI is InChI=1S/C14H14F3NO5/c1-6-10-8(19)3-2-4-9(10)23-11(6)12(20)18-7(13(21)22)5-14(15,16)17/h7H,2-5H2,1H3,(H,18,20)(H,21,22). The van der Waals surface area contributed by atoms with Gasteiger partial charge in [0, 0.05) is 18.4 Å². The number of alkyl halides is 3. The average molecular weight is 333 g/mol. The number of hydrogen-bond donors (Lipinski definition) is 2. The van der Waals surface area contributed by atoms with Crippen LogP contribution in [0.1, 0.15) is 51.5 Å². The zero-order valence-electron chi connectivity index (χ0n) is 12.1. The minimum Gasteiger partial charge on any atom is -0.480 e. The number of Topliss-reactive ketones (excluding diaryl/α,β-unsaturated/α-hetero) is 1. The molecule has 2 rings (SSSR count). The third-order valence-corrected chi connectivity index (χ3v) is 3.55. The Morgan fingerprint density at radius 3 is 2.52 bits per heavy atom. The molecule has 0 aromatic carbocycles. The molecular formula is C14H14F3NO5. The van der Waals surface area contributed by atoms with Crippen molar-refractivity contribution in [2.75, 3.05) is 0 Å². The van der Waals surface area contributed by atoms with Gasteiger partial charge in [0.05, 0.1) is 12.0 Å². The van der Waals surface area contributed by atoms with Gasteiger partial charge in [-0.05, 0) is 13.3 Å². The number of rotatable bonds is 4. The quantitative estimate of drug-likeness (QED) is 0.881. The van der Waals surface area contributed by atoms with Crippen molar-refractivity contribution in [2.45, 2.75) is 44.8 Å². The summed E-state index contributed by atoms with van der Waals surface area (Å²) in [5.41, 5.74) is 0.488. The fourth-order valence-corrected chi connectivity index (χ4v) is 2.52. The molecule has 23 heavy (non-hydrogen) atoms. The summed E-state index contributed by atoms with van der Waals surface area (Å²) in [5, 5.41) is 10.6. The molecule has 0 radical (unpaired) electrons. The number of aliphatic carboxylic acids is 1. The summed E-state index contributed by atoms with van der Waals surface area (Å²) in [6, 6.07) is -2.13. The van der Waals surface area contributed by atoms with Crippen molar-refractivity contribution < 1.29 is 37.1 Å². The molecule has 0 saturated heterocycles. The number of fused-ring (bicyclic) bond motifs is 1. The van der Waals surface area contributed by atoms with E-state index in [0.717, 1.165) is 0 Å². The summed E-state index contributed by atoms with van der Waals surface area (Å²) < 4.78 is 42.3. The van der Waals surface area contributed by atoms with Gasteiger partial charge in [-0.3, -0.25) is 9.59 Å². The van der Waals surface area contributed by atoms with E-state index in [1.54, 1.807) is 5.32 Å². The van der Waals surface area contributed by atoms with Crippen LogP contribution < -0.4 is 5.32 Å². The van der Waals surface area contributed by atoms with E-state index in [1.807, 2.05) is 0 Å². The molecule has 6 nitrogen and oxygen atoms in total. The molecule has 126 valence electrons. The molecule has 9 heteroatoms. The van der Waals surface area contributed by atoms with Crippen LogP contribution in [0.25, 0.3) is 0 Å². The largest absolute Gasteiger partial charge is 0.480 e. The number of amides is 1. The van der Waals surface area contributed by atoms with E-state index in [1.165, 1.54) is 6.92 Å². The van der Waals surface area contributed by atoms with Crippen molar-refractivity contribution in [3.63, 3.8) is 0 Å². The van der Waals surface area contributed by atoms with E-state index >= 15 is 0 Å². The first-order valence-electron chi connectivity index (χ1n) is 6.86. The fourth-order valence-electron chi connectivity index (χ4n) is 2.52. The highest BCUT2D eigenvalue weighted by Gasteiger charge is 2.37. The molecule has 1 heterocycles. The number of furan rings is 1. The van der Waals surface area contributed by atoms with Crippen molar-refractivity contribution in [3.05, 3.63) is 22.6 Å². The molecule has 1 aromatic rings. The van der Waals surface area contributed by atoms with Gasteiger partial charge < -0.3 is 14.8 Å². The fraction of sp³-hybridized carbons (Fsp3) is 0.500. The molecule has 0 aliphatic heterocycles. The number of carbonyl (C=O) groups excluding carboxylic acids is 2. The Bertz CT molecular complexity index is 662. The molecule has 1 aliphatic carbocycles. The van der Waals surface area contributed by atoms with E-state index < -0.39 is 30.5 Å². The molecule has 0 saturated carbocycles. The molecule has 0 spiro atoms. The van der Waals surface area contributed by atoms with Crippen LogP contribution in [0, 0.1) is 6.92 Å². The van der Waals surface area contributed by atoms with E-state index in [0.29, 0.717) is 25.0 Å². The lowest BCUT2D eigenvalue weighted by molar-refractivity contribution is -0.157. The van der Waals surface area contributed by atoms with Crippen molar-refractivity contribution in [3.8, 4) is 0 Å². The van der Waals surface area contributed by atoms with Crippen LogP contribution in [-0.4, -0.2) is 35.0 Å². The van der Waals surface area contributed by atoms with Gasteiger partial charge in [0.2, 0.25) is 0 Å². The minimum absolute atomic E-state index is 0.198. The summed E-state index contributed by atoms with van der Waals surface area (Å²) in [6.45, 7) is 1.44. The number of halogens is 3. The molecule has 0 fully saturated rings. The molecule has 2 N–H and O–H groups in total. The molecule has 1 atom stereocenters. The van der Waals surface area contributed by atoms with Gasteiger partial charge in [-0.1, -0.05) is 0 Å². The Morgan fingerprint density at radius 2 is 2.00 bits per heavy atom.